The van der Waals surface area contributed by atoms with E-state index in [-0.39, 0.29) is 0 Å². The Morgan fingerprint density at radius 1 is 1.28 bits per heavy atom. The Morgan fingerprint density at radius 3 is 2.44 bits per heavy atom. The number of carbonyl (C=O) groups excluding carboxylic acids is 2. The second-order valence-corrected chi connectivity index (χ2v) is 4.15. The lowest BCUT2D eigenvalue weighted by Crippen LogP contribution is -2.51. The Labute approximate surface area is 110 Å². The van der Waals surface area contributed by atoms with Gasteiger partial charge in [0.1, 0.15) is 0 Å². The van der Waals surface area contributed by atoms with Crippen molar-refractivity contribution in [3.8, 4) is 0 Å². The highest BCUT2D eigenvalue weighted by atomic mass is 35.5. The highest BCUT2D eigenvalue weighted by Gasteiger charge is 2.07. The Balaban J connectivity index is 2.29. The van der Waals surface area contributed by atoms with Crippen molar-refractivity contribution in [1.82, 2.24) is 16.2 Å². The van der Waals surface area contributed by atoms with E-state index in [2.05, 4.69) is 16.2 Å². The zero-order valence-corrected chi connectivity index (χ0v) is 10.6. The van der Waals surface area contributed by atoms with Gasteiger partial charge in [0.2, 0.25) is 0 Å². The average molecular weight is 271 g/mol. The Kier molecular flexibility index (Phi) is 5.41. The number of halogens is 1. The lowest BCUT2D eigenvalue weighted by atomic mass is 10.2. The summed E-state index contributed by atoms with van der Waals surface area (Å²) in [4.78, 5) is 22.4. The number of amides is 3. The third-order valence-electron chi connectivity index (χ3n) is 2.08. The number of urea groups is 1. The smallest absolute Gasteiger partial charge is 0.333 e. The summed E-state index contributed by atoms with van der Waals surface area (Å²) >= 11 is 5.73. The van der Waals surface area contributed by atoms with Crippen molar-refractivity contribution >= 4 is 23.5 Å². The molecule has 1 aromatic rings. The van der Waals surface area contributed by atoms with Crippen LogP contribution in [0.3, 0.4) is 0 Å². The van der Waals surface area contributed by atoms with Gasteiger partial charge in [-0.3, -0.25) is 10.2 Å². The molecule has 0 aliphatic rings. The van der Waals surface area contributed by atoms with Crippen LogP contribution in [0.2, 0.25) is 5.02 Å². The monoisotopic (exact) mass is 270 g/mol. The summed E-state index contributed by atoms with van der Waals surface area (Å²) in [7, 11) is 0. The highest BCUT2D eigenvalue weighted by molar-refractivity contribution is 6.30. The van der Waals surface area contributed by atoms with Crippen molar-refractivity contribution in [2.75, 3.05) is 0 Å². The lowest BCUT2D eigenvalue weighted by molar-refractivity contribution is -0.122. The second-order valence-electron chi connectivity index (χ2n) is 3.71. The summed E-state index contributed by atoms with van der Waals surface area (Å²) in [6.07, 6.45) is 0. The summed E-state index contributed by atoms with van der Waals surface area (Å²) in [5.74, 6) is -0.461. The van der Waals surface area contributed by atoms with Gasteiger partial charge < -0.3 is 11.1 Å². The van der Waals surface area contributed by atoms with Crippen molar-refractivity contribution in [3.63, 3.8) is 0 Å². The minimum Gasteiger partial charge on any atom is -0.333 e. The molecule has 0 aromatic heterocycles. The molecule has 0 unspecified atom stereocenters. The normalized spacial score (nSPS) is 11.5. The van der Waals surface area contributed by atoms with Crippen molar-refractivity contribution < 1.29 is 9.59 Å². The number of carbonyl (C=O) groups is 2. The zero-order chi connectivity index (χ0) is 13.5. The summed E-state index contributed by atoms with van der Waals surface area (Å²) in [5.41, 5.74) is 10.6. The fourth-order valence-electron chi connectivity index (χ4n) is 1.06. The molecule has 0 spiro atoms. The van der Waals surface area contributed by atoms with Crippen molar-refractivity contribution in [3.05, 3.63) is 34.9 Å². The van der Waals surface area contributed by atoms with Gasteiger partial charge in [0.05, 0.1) is 6.04 Å². The van der Waals surface area contributed by atoms with E-state index in [0.29, 0.717) is 11.6 Å². The van der Waals surface area contributed by atoms with Gasteiger partial charge in [0.15, 0.2) is 0 Å². The fraction of sp³-hybridized carbons (Fsp3) is 0.273. The molecule has 3 amide bonds. The van der Waals surface area contributed by atoms with E-state index in [4.69, 9.17) is 17.3 Å². The molecule has 1 aromatic carbocycles. The van der Waals surface area contributed by atoms with Crippen LogP contribution in [0.1, 0.15) is 12.5 Å². The SMILES string of the molecule is C[C@@H](N)C(=O)NNC(=O)NCc1ccc(Cl)cc1. The minimum absolute atomic E-state index is 0.330. The zero-order valence-electron chi connectivity index (χ0n) is 9.87. The summed E-state index contributed by atoms with van der Waals surface area (Å²) < 4.78 is 0. The number of rotatable bonds is 3. The maximum Gasteiger partial charge on any atom is 0.333 e. The molecule has 0 fully saturated rings. The average Bonchev–Trinajstić information content (AvgIpc) is 2.35. The molecule has 0 aliphatic carbocycles. The highest BCUT2D eigenvalue weighted by Crippen LogP contribution is 2.08. The van der Waals surface area contributed by atoms with Gasteiger partial charge in [-0.25, -0.2) is 10.2 Å². The molecule has 6 nitrogen and oxygen atoms in total. The van der Waals surface area contributed by atoms with Gasteiger partial charge in [-0.2, -0.15) is 0 Å². The molecular weight excluding hydrogens is 256 g/mol. The second kappa shape index (κ2) is 6.83. The Bertz CT molecular complexity index is 420. The molecule has 0 heterocycles. The first-order valence-corrected chi connectivity index (χ1v) is 5.70. The predicted molar refractivity (Wildman–Crippen MR) is 68.6 cm³/mol. The van der Waals surface area contributed by atoms with E-state index < -0.39 is 18.0 Å². The topological polar surface area (TPSA) is 96.2 Å². The van der Waals surface area contributed by atoms with Crippen LogP contribution in [-0.4, -0.2) is 18.0 Å². The summed E-state index contributed by atoms with van der Waals surface area (Å²) in [6, 6.07) is 5.86. The van der Waals surface area contributed by atoms with Gasteiger partial charge in [0, 0.05) is 11.6 Å². The first kappa shape index (κ1) is 14.3. The molecule has 0 bridgehead atoms. The number of nitrogens with two attached hydrogens (primary N) is 1. The largest absolute Gasteiger partial charge is 0.333 e. The molecule has 0 aliphatic heterocycles. The number of hydrogen-bond donors (Lipinski definition) is 4. The van der Waals surface area contributed by atoms with Crippen LogP contribution in [0.4, 0.5) is 4.79 Å². The van der Waals surface area contributed by atoms with E-state index >= 15 is 0 Å². The number of nitrogens with one attached hydrogen (secondary N) is 3. The summed E-state index contributed by atoms with van der Waals surface area (Å²) in [6.45, 7) is 1.85. The van der Waals surface area contributed by atoms with Crippen LogP contribution in [-0.2, 0) is 11.3 Å². The molecule has 5 N–H and O–H groups in total. The molecule has 7 heteroatoms. The van der Waals surface area contributed by atoms with Crippen molar-refractivity contribution in [2.24, 2.45) is 5.73 Å². The van der Waals surface area contributed by atoms with E-state index in [1.54, 1.807) is 24.3 Å². The lowest BCUT2D eigenvalue weighted by Gasteiger charge is -2.10. The van der Waals surface area contributed by atoms with Crippen LogP contribution in [0.15, 0.2) is 24.3 Å². The van der Waals surface area contributed by atoms with E-state index in [1.165, 1.54) is 6.92 Å². The van der Waals surface area contributed by atoms with Crippen LogP contribution in [0.5, 0.6) is 0 Å². The van der Waals surface area contributed by atoms with Crippen LogP contribution >= 0.6 is 11.6 Å². The molecule has 0 saturated heterocycles. The van der Waals surface area contributed by atoms with Crippen LogP contribution < -0.4 is 21.9 Å². The first-order valence-electron chi connectivity index (χ1n) is 5.33. The van der Waals surface area contributed by atoms with Gasteiger partial charge in [-0.05, 0) is 24.6 Å². The third-order valence-corrected chi connectivity index (χ3v) is 2.33. The number of benzene rings is 1. The van der Waals surface area contributed by atoms with E-state index in [0.717, 1.165) is 5.56 Å². The number of hydrazine groups is 1. The van der Waals surface area contributed by atoms with Gasteiger partial charge in [-0.1, -0.05) is 23.7 Å². The fourth-order valence-corrected chi connectivity index (χ4v) is 1.19. The van der Waals surface area contributed by atoms with Crippen LogP contribution in [0.25, 0.3) is 0 Å². The Morgan fingerprint density at radius 2 is 1.89 bits per heavy atom. The minimum atomic E-state index is -0.679. The summed E-state index contributed by atoms with van der Waals surface area (Å²) in [5, 5.41) is 3.20. The molecule has 18 heavy (non-hydrogen) atoms. The molecule has 0 saturated carbocycles. The maximum absolute atomic E-state index is 11.3. The van der Waals surface area contributed by atoms with Crippen LogP contribution in [0, 0.1) is 0 Å². The number of hydrogen-bond acceptors (Lipinski definition) is 3. The molecule has 1 rings (SSSR count). The standard InChI is InChI=1S/C11H15ClN4O2/c1-7(13)10(17)15-16-11(18)14-6-8-2-4-9(12)5-3-8/h2-5,7H,6,13H2,1H3,(H,15,17)(H2,14,16,18)/t7-/m1/s1. The van der Waals surface area contributed by atoms with Gasteiger partial charge in [0.25, 0.3) is 5.91 Å². The van der Waals surface area contributed by atoms with Crippen molar-refractivity contribution in [1.29, 1.82) is 0 Å². The van der Waals surface area contributed by atoms with Gasteiger partial charge in [-0.15, -0.1) is 0 Å². The molecule has 98 valence electrons. The third kappa shape index (κ3) is 5.03. The maximum atomic E-state index is 11.3. The molecular formula is C11H15ClN4O2. The molecule has 0 radical (unpaired) electrons. The first-order chi connectivity index (χ1) is 8.49. The molecule has 1 atom stereocenters. The predicted octanol–water partition coefficient (Wildman–Crippen LogP) is 0.518. The quantitative estimate of drug-likeness (QED) is 0.603. The van der Waals surface area contributed by atoms with Crippen molar-refractivity contribution in [2.45, 2.75) is 19.5 Å². The van der Waals surface area contributed by atoms with E-state index in [9.17, 15) is 9.59 Å². The Hall–Kier alpha value is -1.79. The van der Waals surface area contributed by atoms with E-state index in [1.807, 2.05) is 0 Å². The van der Waals surface area contributed by atoms with Gasteiger partial charge >= 0.3 is 6.03 Å².